The Bertz CT molecular complexity index is 320. The van der Waals surface area contributed by atoms with E-state index in [1.165, 1.54) is 4.90 Å². The van der Waals surface area contributed by atoms with Crippen LogP contribution < -0.4 is 5.73 Å². The normalized spacial score (nSPS) is 29.2. The molecular formula is C11H19F3N2O2. The Morgan fingerprint density at radius 2 is 2.11 bits per heavy atom. The summed E-state index contributed by atoms with van der Waals surface area (Å²) in [6, 6.07) is -0.722. The number of alkyl halides is 3. The molecule has 0 amide bonds. The van der Waals surface area contributed by atoms with E-state index in [-0.39, 0.29) is 18.9 Å². The highest BCUT2D eigenvalue weighted by Crippen LogP contribution is 2.34. The molecule has 4 nitrogen and oxygen atoms in total. The number of nitrogens with zero attached hydrogens (tertiary/aromatic N) is 1. The van der Waals surface area contributed by atoms with Crippen LogP contribution in [0.3, 0.4) is 0 Å². The molecule has 0 saturated heterocycles. The lowest BCUT2D eigenvalue weighted by molar-refractivity contribution is -0.155. The van der Waals surface area contributed by atoms with E-state index in [1.54, 1.807) is 13.8 Å². The van der Waals surface area contributed by atoms with Crippen LogP contribution in [-0.2, 0) is 4.79 Å². The minimum atomic E-state index is -4.28. The van der Waals surface area contributed by atoms with Crippen LogP contribution in [0.2, 0.25) is 0 Å². The second kappa shape index (κ2) is 5.05. The molecule has 0 bridgehead atoms. The van der Waals surface area contributed by atoms with Crippen molar-refractivity contribution in [3.8, 4) is 0 Å². The van der Waals surface area contributed by atoms with E-state index in [9.17, 15) is 18.0 Å². The van der Waals surface area contributed by atoms with Gasteiger partial charge in [0.1, 0.15) is 5.54 Å². The van der Waals surface area contributed by atoms with Crippen molar-refractivity contribution in [1.29, 1.82) is 0 Å². The van der Waals surface area contributed by atoms with Crippen LogP contribution in [0.1, 0.15) is 33.1 Å². The number of hydrogen-bond acceptors (Lipinski definition) is 3. The maximum atomic E-state index is 12.5. The molecule has 1 rings (SSSR count). The van der Waals surface area contributed by atoms with Crippen molar-refractivity contribution in [2.75, 3.05) is 6.54 Å². The van der Waals surface area contributed by atoms with Crippen LogP contribution in [0.5, 0.6) is 0 Å². The molecule has 106 valence electrons. The van der Waals surface area contributed by atoms with Crippen molar-refractivity contribution in [2.24, 2.45) is 5.73 Å². The molecule has 2 atom stereocenters. The predicted octanol–water partition coefficient (Wildman–Crippen LogP) is 1.59. The van der Waals surface area contributed by atoms with Gasteiger partial charge in [-0.25, -0.2) is 0 Å². The summed E-state index contributed by atoms with van der Waals surface area (Å²) in [5.74, 6) is -1.14. The lowest BCUT2D eigenvalue weighted by atomic mass is 9.99. The summed E-state index contributed by atoms with van der Waals surface area (Å²) in [7, 11) is 0. The molecule has 0 aliphatic heterocycles. The number of carbonyl (C=O) groups is 1. The van der Waals surface area contributed by atoms with Gasteiger partial charge in [0.25, 0.3) is 0 Å². The maximum absolute atomic E-state index is 12.5. The van der Waals surface area contributed by atoms with Crippen molar-refractivity contribution >= 4 is 5.97 Å². The third kappa shape index (κ3) is 3.58. The Hall–Kier alpha value is -0.820. The van der Waals surface area contributed by atoms with Crippen LogP contribution in [0.15, 0.2) is 0 Å². The molecular weight excluding hydrogens is 249 g/mol. The van der Waals surface area contributed by atoms with E-state index in [2.05, 4.69) is 0 Å². The molecule has 18 heavy (non-hydrogen) atoms. The van der Waals surface area contributed by atoms with Crippen LogP contribution in [0, 0.1) is 0 Å². The van der Waals surface area contributed by atoms with Crippen LogP contribution in [0.25, 0.3) is 0 Å². The van der Waals surface area contributed by atoms with Crippen molar-refractivity contribution in [1.82, 2.24) is 4.90 Å². The summed E-state index contributed by atoms with van der Waals surface area (Å²) < 4.78 is 37.4. The number of halogens is 3. The van der Waals surface area contributed by atoms with Crippen LogP contribution in [0.4, 0.5) is 13.2 Å². The first-order valence-corrected chi connectivity index (χ1v) is 5.90. The number of carboxylic acid groups (broad SMARTS) is 1. The number of hydrogen-bond donors (Lipinski definition) is 2. The minimum Gasteiger partial charge on any atom is -0.480 e. The first-order valence-electron chi connectivity index (χ1n) is 5.90. The Balaban J connectivity index is 2.76. The zero-order valence-corrected chi connectivity index (χ0v) is 10.5. The van der Waals surface area contributed by atoms with Gasteiger partial charge in [-0.1, -0.05) is 0 Å². The van der Waals surface area contributed by atoms with Crippen LogP contribution in [-0.4, -0.2) is 46.3 Å². The Morgan fingerprint density at radius 1 is 1.56 bits per heavy atom. The van der Waals surface area contributed by atoms with Crippen molar-refractivity contribution < 1.29 is 23.1 Å². The van der Waals surface area contributed by atoms with Gasteiger partial charge in [-0.05, 0) is 33.1 Å². The first kappa shape index (κ1) is 15.2. The predicted molar refractivity (Wildman–Crippen MR) is 60.1 cm³/mol. The number of nitrogens with two attached hydrogens (primary N) is 1. The van der Waals surface area contributed by atoms with Gasteiger partial charge in [0.2, 0.25) is 0 Å². The van der Waals surface area contributed by atoms with Gasteiger partial charge in [0.05, 0.1) is 6.54 Å². The highest BCUT2D eigenvalue weighted by atomic mass is 19.4. The molecule has 0 aromatic heterocycles. The van der Waals surface area contributed by atoms with Gasteiger partial charge in [-0.15, -0.1) is 0 Å². The third-order valence-electron chi connectivity index (χ3n) is 3.44. The van der Waals surface area contributed by atoms with Crippen molar-refractivity contribution in [3.05, 3.63) is 0 Å². The molecule has 7 heteroatoms. The van der Waals surface area contributed by atoms with E-state index in [0.717, 1.165) is 0 Å². The van der Waals surface area contributed by atoms with Gasteiger partial charge in [-0.3, -0.25) is 9.69 Å². The maximum Gasteiger partial charge on any atom is 0.401 e. The summed E-state index contributed by atoms with van der Waals surface area (Å²) in [4.78, 5) is 12.3. The Morgan fingerprint density at radius 3 is 2.44 bits per heavy atom. The molecule has 1 fully saturated rings. The highest BCUT2D eigenvalue weighted by molar-refractivity contribution is 5.79. The highest BCUT2D eigenvalue weighted by Gasteiger charge is 2.46. The SMILES string of the molecule is CC(C)N(CC(F)(F)F)C1CCC(N)(C(=O)O)C1. The van der Waals surface area contributed by atoms with Crippen molar-refractivity contribution in [2.45, 2.75) is 56.9 Å². The number of aliphatic carboxylic acids is 1. The first-order chi connectivity index (χ1) is 8.05. The van der Waals surface area contributed by atoms with E-state index in [0.29, 0.717) is 6.42 Å². The second-order valence-electron chi connectivity index (χ2n) is 5.24. The average Bonchev–Trinajstić information content (AvgIpc) is 2.57. The van der Waals surface area contributed by atoms with Gasteiger partial charge < -0.3 is 10.8 Å². The minimum absolute atomic E-state index is 0.0661. The summed E-state index contributed by atoms with van der Waals surface area (Å²) in [5, 5.41) is 8.98. The molecule has 2 unspecified atom stereocenters. The van der Waals surface area contributed by atoms with E-state index in [1.807, 2.05) is 0 Å². The van der Waals surface area contributed by atoms with Crippen LogP contribution >= 0.6 is 0 Å². The summed E-state index contributed by atoms with van der Waals surface area (Å²) in [6.07, 6.45) is -3.62. The molecule has 0 spiro atoms. The molecule has 1 aliphatic carbocycles. The summed E-state index contributed by atoms with van der Waals surface area (Å²) in [6.45, 7) is 2.32. The quantitative estimate of drug-likeness (QED) is 0.812. The smallest absolute Gasteiger partial charge is 0.401 e. The monoisotopic (exact) mass is 268 g/mol. The van der Waals surface area contributed by atoms with E-state index < -0.39 is 30.3 Å². The summed E-state index contributed by atoms with van der Waals surface area (Å²) >= 11 is 0. The lowest BCUT2D eigenvalue weighted by Crippen LogP contribution is -2.49. The number of carboxylic acids is 1. The molecule has 0 radical (unpaired) electrons. The molecule has 0 aromatic rings. The van der Waals surface area contributed by atoms with Gasteiger partial charge >= 0.3 is 12.1 Å². The fraction of sp³-hybridized carbons (Fsp3) is 0.909. The Kier molecular flexibility index (Phi) is 4.27. The van der Waals surface area contributed by atoms with Gasteiger partial charge in [0, 0.05) is 12.1 Å². The molecule has 1 saturated carbocycles. The topological polar surface area (TPSA) is 66.6 Å². The van der Waals surface area contributed by atoms with Gasteiger partial charge in [0.15, 0.2) is 0 Å². The lowest BCUT2D eigenvalue weighted by Gasteiger charge is -2.33. The van der Waals surface area contributed by atoms with E-state index in [4.69, 9.17) is 10.8 Å². The standard InChI is InChI=1S/C11H19F3N2O2/c1-7(2)16(6-11(12,13)14)8-3-4-10(15,5-8)9(17)18/h7-8H,3-6,15H2,1-2H3,(H,17,18). The molecule has 0 aromatic carbocycles. The second-order valence-corrected chi connectivity index (χ2v) is 5.24. The van der Waals surface area contributed by atoms with Crippen molar-refractivity contribution in [3.63, 3.8) is 0 Å². The molecule has 1 aliphatic rings. The average molecular weight is 268 g/mol. The zero-order valence-electron chi connectivity index (χ0n) is 10.5. The number of rotatable bonds is 4. The molecule has 0 heterocycles. The van der Waals surface area contributed by atoms with Gasteiger partial charge in [-0.2, -0.15) is 13.2 Å². The zero-order chi connectivity index (χ0) is 14.1. The largest absolute Gasteiger partial charge is 0.480 e. The Labute approximate surface area is 104 Å². The molecule has 3 N–H and O–H groups in total. The fourth-order valence-corrected chi connectivity index (χ4v) is 2.47. The fourth-order valence-electron chi connectivity index (χ4n) is 2.47. The summed E-state index contributed by atoms with van der Waals surface area (Å²) in [5.41, 5.74) is 4.30. The van der Waals surface area contributed by atoms with E-state index >= 15 is 0 Å². The third-order valence-corrected chi connectivity index (χ3v) is 3.44.